The Labute approximate surface area is 175 Å². The number of nitrogens with zero attached hydrogens (tertiary/aromatic N) is 1. The molecule has 6 heteroatoms. The zero-order valence-electron chi connectivity index (χ0n) is 15.4. The van der Waals surface area contributed by atoms with Crippen LogP contribution >= 0.6 is 23.2 Å². The van der Waals surface area contributed by atoms with E-state index in [1.807, 2.05) is 53.4 Å². The molecule has 1 heterocycles. The number of halogens is 2. The van der Waals surface area contributed by atoms with Crippen LogP contribution in [0.3, 0.4) is 0 Å². The molecule has 1 saturated heterocycles. The van der Waals surface area contributed by atoms with Crippen LogP contribution in [0.25, 0.3) is 0 Å². The molecule has 1 saturated carbocycles. The van der Waals surface area contributed by atoms with Gasteiger partial charge in [0.15, 0.2) is 0 Å². The molecule has 1 aliphatic carbocycles. The van der Waals surface area contributed by atoms with Crippen molar-refractivity contribution in [3.05, 3.63) is 69.7 Å². The van der Waals surface area contributed by atoms with Crippen molar-refractivity contribution in [2.75, 3.05) is 13.2 Å². The number of morpholine rings is 1. The second kappa shape index (κ2) is 8.42. The lowest BCUT2D eigenvalue weighted by molar-refractivity contribution is -0.169. The summed E-state index contributed by atoms with van der Waals surface area (Å²) in [6.07, 6.45) is 2.84. The Hall–Kier alpha value is -1.59. The van der Waals surface area contributed by atoms with Crippen LogP contribution < -0.4 is 0 Å². The monoisotopic (exact) mass is 419 g/mol. The SMILES string of the molecule is O=C1CO[C@H](c2cccc(Cl)c2)[C@@H](c2ccc(Cl)cc2)N1[C@@H](CO)C1CCC1. The van der Waals surface area contributed by atoms with Crippen molar-refractivity contribution in [2.24, 2.45) is 5.92 Å². The van der Waals surface area contributed by atoms with E-state index in [1.54, 1.807) is 0 Å². The highest BCUT2D eigenvalue weighted by atomic mass is 35.5. The van der Waals surface area contributed by atoms with Crippen molar-refractivity contribution in [1.82, 2.24) is 4.90 Å². The van der Waals surface area contributed by atoms with E-state index >= 15 is 0 Å². The lowest BCUT2D eigenvalue weighted by Gasteiger charge is -2.49. The number of amides is 1. The van der Waals surface area contributed by atoms with E-state index < -0.39 is 0 Å². The van der Waals surface area contributed by atoms with Crippen LogP contribution in [0.5, 0.6) is 0 Å². The summed E-state index contributed by atoms with van der Waals surface area (Å²) in [5.74, 6) is 0.228. The number of hydrogen-bond acceptors (Lipinski definition) is 3. The summed E-state index contributed by atoms with van der Waals surface area (Å²) in [4.78, 5) is 14.8. The molecule has 2 aromatic rings. The molecule has 28 heavy (non-hydrogen) atoms. The van der Waals surface area contributed by atoms with Gasteiger partial charge < -0.3 is 14.7 Å². The quantitative estimate of drug-likeness (QED) is 0.757. The highest BCUT2D eigenvalue weighted by Gasteiger charge is 2.45. The number of aliphatic hydroxyl groups excluding tert-OH is 1. The van der Waals surface area contributed by atoms with Crippen molar-refractivity contribution in [3.8, 4) is 0 Å². The fourth-order valence-electron chi connectivity index (χ4n) is 4.27. The maximum atomic E-state index is 13.0. The molecule has 4 rings (SSSR count). The normalized spacial score (nSPS) is 24.1. The van der Waals surface area contributed by atoms with Crippen LogP contribution in [0.1, 0.15) is 42.5 Å². The number of aliphatic hydroxyl groups is 1. The first kappa shape index (κ1) is 19.7. The first-order chi connectivity index (χ1) is 13.6. The van der Waals surface area contributed by atoms with Gasteiger partial charge in [-0.1, -0.05) is 53.9 Å². The minimum atomic E-state index is -0.369. The highest BCUT2D eigenvalue weighted by Crippen LogP contribution is 2.45. The van der Waals surface area contributed by atoms with Crippen LogP contribution in [0.4, 0.5) is 0 Å². The van der Waals surface area contributed by atoms with Crippen LogP contribution in [0.15, 0.2) is 48.5 Å². The molecule has 1 amide bonds. The van der Waals surface area contributed by atoms with E-state index in [9.17, 15) is 9.90 Å². The molecule has 4 nitrogen and oxygen atoms in total. The summed E-state index contributed by atoms with van der Waals surface area (Å²) < 4.78 is 6.02. The molecule has 0 spiro atoms. The van der Waals surface area contributed by atoms with E-state index in [0.717, 1.165) is 30.4 Å². The van der Waals surface area contributed by atoms with Crippen molar-refractivity contribution in [2.45, 2.75) is 37.5 Å². The Morgan fingerprint density at radius 1 is 1.07 bits per heavy atom. The Balaban J connectivity index is 1.79. The largest absolute Gasteiger partial charge is 0.394 e. The van der Waals surface area contributed by atoms with Crippen LogP contribution in [-0.2, 0) is 9.53 Å². The van der Waals surface area contributed by atoms with Gasteiger partial charge in [0.2, 0.25) is 5.91 Å². The van der Waals surface area contributed by atoms with E-state index in [-0.39, 0.29) is 37.3 Å². The van der Waals surface area contributed by atoms with E-state index in [4.69, 9.17) is 27.9 Å². The van der Waals surface area contributed by atoms with E-state index in [1.165, 1.54) is 0 Å². The fourth-order valence-corrected chi connectivity index (χ4v) is 4.59. The van der Waals surface area contributed by atoms with E-state index in [2.05, 4.69) is 0 Å². The number of hydrogen-bond donors (Lipinski definition) is 1. The molecule has 3 atom stereocenters. The van der Waals surface area contributed by atoms with Crippen LogP contribution in [-0.4, -0.2) is 35.2 Å². The number of carbonyl (C=O) groups excluding carboxylic acids is 1. The van der Waals surface area contributed by atoms with Gasteiger partial charge in [0, 0.05) is 10.0 Å². The lowest BCUT2D eigenvalue weighted by Crippen LogP contribution is -2.55. The Morgan fingerprint density at radius 2 is 1.82 bits per heavy atom. The summed E-state index contributed by atoms with van der Waals surface area (Å²) in [5, 5.41) is 11.4. The molecular formula is C22H23Cl2NO3. The molecule has 0 radical (unpaired) electrons. The number of benzene rings is 2. The summed E-state index contributed by atoms with van der Waals surface area (Å²) in [5.41, 5.74) is 1.84. The predicted octanol–water partition coefficient (Wildman–Crippen LogP) is 4.80. The third-order valence-corrected chi connectivity index (χ3v) is 6.37. The van der Waals surface area contributed by atoms with Gasteiger partial charge in [-0.25, -0.2) is 0 Å². The van der Waals surface area contributed by atoms with Crippen molar-refractivity contribution in [3.63, 3.8) is 0 Å². The molecule has 0 unspecified atom stereocenters. The lowest BCUT2D eigenvalue weighted by atomic mass is 9.78. The van der Waals surface area contributed by atoms with Gasteiger partial charge in [0.1, 0.15) is 12.7 Å². The van der Waals surface area contributed by atoms with Gasteiger partial charge in [0.05, 0.1) is 18.7 Å². The molecule has 2 aliphatic rings. The molecule has 148 valence electrons. The standard InChI is InChI=1S/C22H23Cl2NO3/c23-17-9-7-15(8-10-17)21-22(16-5-2-6-18(24)11-16)28-13-20(27)25(21)19(12-26)14-3-1-4-14/h2,5-11,14,19,21-22,26H,1,3-4,12-13H2/t19-,21+,22+/m0/s1. The zero-order valence-corrected chi connectivity index (χ0v) is 16.9. The average Bonchev–Trinajstić information content (AvgIpc) is 2.65. The second-order valence-corrected chi connectivity index (χ2v) is 8.40. The minimum absolute atomic E-state index is 0.00943. The van der Waals surface area contributed by atoms with Crippen molar-refractivity contribution < 1.29 is 14.6 Å². The first-order valence-electron chi connectivity index (χ1n) is 9.63. The summed E-state index contributed by atoms with van der Waals surface area (Å²) >= 11 is 12.3. The maximum Gasteiger partial charge on any atom is 0.249 e. The Morgan fingerprint density at radius 3 is 2.43 bits per heavy atom. The number of rotatable bonds is 5. The highest BCUT2D eigenvalue weighted by molar-refractivity contribution is 6.30. The van der Waals surface area contributed by atoms with Gasteiger partial charge in [0.25, 0.3) is 0 Å². The van der Waals surface area contributed by atoms with Gasteiger partial charge in [-0.05, 0) is 54.2 Å². The van der Waals surface area contributed by atoms with Crippen molar-refractivity contribution >= 4 is 29.1 Å². The summed E-state index contributed by atoms with van der Waals surface area (Å²) in [6, 6.07) is 14.5. The third-order valence-electron chi connectivity index (χ3n) is 5.89. The van der Waals surface area contributed by atoms with Gasteiger partial charge >= 0.3 is 0 Å². The van der Waals surface area contributed by atoms with Crippen molar-refractivity contribution in [1.29, 1.82) is 0 Å². The molecule has 2 fully saturated rings. The summed E-state index contributed by atoms with van der Waals surface area (Å²) in [6.45, 7) is -0.0622. The number of ether oxygens (including phenoxy) is 1. The molecule has 1 N–H and O–H groups in total. The van der Waals surface area contributed by atoms with Gasteiger partial charge in [-0.15, -0.1) is 0 Å². The smallest absolute Gasteiger partial charge is 0.249 e. The Bertz CT molecular complexity index is 838. The molecule has 0 aromatic heterocycles. The average molecular weight is 420 g/mol. The number of carbonyl (C=O) groups is 1. The summed E-state index contributed by atoms with van der Waals surface area (Å²) in [7, 11) is 0. The molecule has 0 bridgehead atoms. The topological polar surface area (TPSA) is 49.8 Å². The van der Waals surface area contributed by atoms with Crippen LogP contribution in [0, 0.1) is 5.92 Å². The second-order valence-electron chi connectivity index (χ2n) is 7.52. The van der Waals surface area contributed by atoms with Gasteiger partial charge in [-0.2, -0.15) is 0 Å². The predicted molar refractivity (Wildman–Crippen MR) is 109 cm³/mol. The Kier molecular flexibility index (Phi) is 5.93. The van der Waals surface area contributed by atoms with Crippen LogP contribution in [0.2, 0.25) is 10.0 Å². The first-order valence-corrected chi connectivity index (χ1v) is 10.4. The van der Waals surface area contributed by atoms with E-state index in [0.29, 0.717) is 16.0 Å². The maximum absolute atomic E-state index is 13.0. The van der Waals surface area contributed by atoms with Gasteiger partial charge in [-0.3, -0.25) is 4.79 Å². The molecular weight excluding hydrogens is 397 g/mol. The fraction of sp³-hybridized carbons (Fsp3) is 0.409. The molecule has 2 aromatic carbocycles. The third kappa shape index (κ3) is 3.79. The molecule has 1 aliphatic heterocycles. The minimum Gasteiger partial charge on any atom is -0.394 e. The zero-order chi connectivity index (χ0) is 19.7.